The molecule has 2 aromatic carbocycles. The van der Waals surface area contributed by atoms with Crippen molar-refractivity contribution in [1.82, 2.24) is 0 Å². The van der Waals surface area contributed by atoms with Crippen molar-refractivity contribution in [3.05, 3.63) is 80.2 Å². The molecule has 0 radical (unpaired) electrons. The first kappa shape index (κ1) is 22.7. The molecule has 1 aliphatic carbocycles. The number of ether oxygens (including phenoxy) is 1. The summed E-state index contributed by atoms with van der Waals surface area (Å²) in [5, 5.41) is 3.21. The van der Waals surface area contributed by atoms with Crippen molar-refractivity contribution in [3.63, 3.8) is 0 Å². The van der Waals surface area contributed by atoms with Crippen LogP contribution in [0.2, 0.25) is 5.02 Å². The standard InChI is InChI=1S/C25H21BrClN3O4/c1-2-34-23(32)21-22(28)30(15-6-3-5-13(26)11-15)18-7-4-8-19(31)20(18)25(21)16-12-14(27)9-10-17(16)29-24(25)33/h3,5-6,9-12H,2,4,7-8,28H2,1H3,(H,29,33). The van der Waals surface area contributed by atoms with Crippen molar-refractivity contribution in [3.8, 4) is 0 Å². The van der Waals surface area contributed by atoms with Gasteiger partial charge in [0, 0.05) is 44.1 Å². The molecule has 7 nitrogen and oxygen atoms in total. The maximum atomic E-state index is 13.8. The molecule has 1 spiro atoms. The average Bonchev–Trinajstić information content (AvgIpc) is 3.06. The lowest BCUT2D eigenvalue weighted by atomic mass is 9.63. The molecule has 0 bridgehead atoms. The van der Waals surface area contributed by atoms with Gasteiger partial charge in [0.15, 0.2) is 5.78 Å². The minimum atomic E-state index is -1.74. The summed E-state index contributed by atoms with van der Waals surface area (Å²) in [5.41, 5.74) is 7.31. The summed E-state index contributed by atoms with van der Waals surface area (Å²) in [6.45, 7) is 1.75. The number of amides is 1. The maximum absolute atomic E-state index is 13.8. The topological polar surface area (TPSA) is 102 Å². The number of carbonyl (C=O) groups is 3. The molecule has 3 aliphatic rings. The second kappa shape index (κ2) is 8.29. The van der Waals surface area contributed by atoms with Gasteiger partial charge in [-0.25, -0.2) is 4.79 Å². The lowest BCUT2D eigenvalue weighted by molar-refractivity contribution is -0.140. The van der Waals surface area contributed by atoms with Gasteiger partial charge in [0.2, 0.25) is 5.91 Å². The van der Waals surface area contributed by atoms with E-state index in [0.717, 1.165) is 4.47 Å². The highest BCUT2D eigenvalue weighted by Crippen LogP contribution is 2.56. The fourth-order valence-corrected chi connectivity index (χ4v) is 5.75. The molecule has 1 unspecified atom stereocenters. The van der Waals surface area contributed by atoms with Crippen molar-refractivity contribution in [2.24, 2.45) is 5.73 Å². The third-order valence-corrected chi connectivity index (χ3v) is 7.15. The minimum Gasteiger partial charge on any atom is -0.462 e. The summed E-state index contributed by atoms with van der Waals surface area (Å²) in [4.78, 5) is 42.6. The lowest BCUT2D eigenvalue weighted by Crippen LogP contribution is -2.53. The van der Waals surface area contributed by atoms with E-state index in [1.165, 1.54) is 0 Å². The summed E-state index contributed by atoms with van der Waals surface area (Å²) >= 11 is 9.81. The Labute approximate surface area is 209 Å². The van der Waals surface area contributed by atoms with Crippen LogP contribution in [0.25, 0.3) is 0 Å². The predicted octanol–water partition coefficient (Wildman–Crippen LogP) is 4.55. The number of nitrogens with zero attached hydrogens (tertiary/aromatic N) is 1. The Morgan fingerprint density at radius 1 is 1.24 bits per heavy atom. The molecule has 1 amide bonds. The van der Waals surface area contributed by atoms with Crippen LogP contribution in [-0.2, 0) is 24.5 Å². The smallest absolute Gasteiger partial charge is 0.339 e. The number of nitrogens with one attached hydrogen (secondary N) is 1. The first-order chi connectivity index (χ1) is 16.3. The van der Waals surface area contributed by atoms with Crippen LogP contribution >= 0.6 is 27.5 Å². The largest absolute Gasteiger partial charge is 0.462 e. The van der Waals surface area contributed by atoms with Crippen LogP contribution in [-0.4, -0.2) is 24.3 Å². The fourth-order valence-electron chi connectivity index (χ4n) is 5.19. The Morgan fingerprint density at radius 2 is 2.03 bits per heavy atom. The van der Waals surface area contributed by atoms with Crippen LogP contribution in [0.1, 0.15) is 31.7 Å². The first-order valence-electron chi connectivity index (χ1n) is 10.9. The molecule has 0 saturated carbocycles. The van der Waals surface area contributed by atoms with E-state index in [2.05, 4.69) is 21.2 Å². The van der Waals surface area contributed by atoms with Gasteiger partial charge >= 0.3 is 5.97 Å². The highest BCUT2D eigenvalue weighted by Gasteiger charge is 2.62. The predicted molar refractivity (Wildman–Crippen MR) is 132 cm³/mol. The van der Waals surface area contributed by atoms with E-state index in [0.29, 0.717) is 40.5 Å². The number of fused-ring (bicyclic) bond motifs is 3. The summed E-state index contributed by atoms with van der Waals surface area (Å²) in [5.74, 6) is -1.44. The van der Waals surface area contributed by atoms with Crippen LogP contribution in [0.4, 0.5) is 11.4 Å². The number of ketones is 1. The van der Waals surface area contributed by atoms with Crippen molar-refractivity contribution < 1.29 is 19.1 Å². The number of esters is 1. The van der Waals surface area contributed by atoms with Gasteiger partial charge in [0.05, 0.1) is 6.61 Å². The van der Waals surface area contributed by atoms with E-state index < -0.39 is 17.3 Å². The normalized spacial score (nSPS) is 21.6. The Kier molecular flexibility index (Phi) is 5.53. The Balaban J connectivity index is 1.91. The van der Waals surface area contributed by atoms with E-state index in [9.17, 15) is 14.4 Å². The zero-order valence-corrected chi connectivity index (χ0v) is 20.6. The Bertz CT molecular complexity index is 1340. The third-order valence-electron chi connectivity index (χ3n) is 6.42. The Hall–Kier alpha value is -3.10. The number of allylic oxidation sites excluding steroid dienone is 1. The number of anilines is 2. The van der Waals surface area contributed by atoms with Crippen LogP contribution in [0.3, 0.4) is 0 Å². The number of nitrogens with two attached hydrogens (primary N) is 1. The van der Waals surface area contributed by atoms with E-state index in [1.54, 1.807) is 30.0 Å². The zero-order valence-electron chi connectivity index (χ0n) is 18.3. The molecule has 1 atom stereocenters. The van der Waals surface area contributed by atoms with Crippen LogP contribution in [0, 0.1) is 0 Å². The molecule has 3 N–H and O–H groups in total. The average molecular weight is 543 g/mol. The molecule has 2 aromatic rings. The molecule has 2 aliphatic heterocycles. The summed E-state index contributed by atoms with van der Waals surface area (Å²) < 4.78 is 6.20. The lowest BCUT2D eigenvalue weighted by Gasteiger charge is -2.44. The summed E-state index contributed by atoms with van der Waals surface area (Å²) in [6, 6.07) is 12.3. The third kappa shape index (κ3) is 3.12. The molecule has 5 rings (SSSR count). The van der Waals surface area contributed by atoms with E-state index in [-0.39, 0.29) is 35.8 Å². The second-order valence-corrected chi connectivity index (χ2v) is 9.64. The molecule has 34 heavy (non-hydrogen) atoms. The van der Waals surface area contributed by atoms with Crippen LogP contribution in [0.5, 0.6) is 0 Å². The Morgan fingerprint density at radius 3 is 2.76 bits per heavy atom. The van der Waals surface area contributed by atoms with Gasteiger partial charge in [-0.1, -0.05) is 33.6 Å². The van der Waals surface area contributed by atoms with Crippen LogP contribution < -0.4 is 16.0 Å². The number of Topliss-reactive ketones (excluding diaryl/α,β-unsaturated/α-hetero) is 1. The van der Waals surface area contributed by atoms with Gasteiger partial charge in [-0.3, -0.25) is 14.5 Å². The van der Waals surface area contributed by atoms with Gasteiger partial charge in [0.25, 0.3) is 0 Å². The number of halogens is 2. The van der Waals surface area contributed by atoms with Gasteiger partial charge in [0.1, 0.15) is 16.8 Å². The summed E-state index contributed by atoms with van der Waals surface area (Å²) in [7, 11) is 0. The van der Waals surface area contributed by atoms with Crippen LogP contribution in [0.15, 0.2) is 69.6 Å². The number of hydrogen-bond donors (Lipinski definition) is 2. The van der Waals surface area contributed by atoms with Crippen molar-refractivity contribution >= 4 is 56.6 Å². The fraction of sp³-hybridized carbons (Fsp3) is 0.240. The maximum Gasteiger partial charge on any atom is 0.339 e. The van der Waals surface area contributed by atoms with E-state index in [1.807, 2.05) is 24.3 Å². The molecule has 0 saturated heterocycles. The number of hydrogen-bond acceptors (Lipinski definition) is 6. The van der Waals surface area contributed by atoms with Crippen molar-refractivity contribution in [2.75, 3.05) is 16.8 Å². The highest BCUT2D eigenvalue weighted by atomic mass is 79.9. The van der Waals surface area contributed by atoms with Gasteiger partial charge in [-0.05, 0) is 56.2 Å². The second-order valence-electron chi connectivity index (χ2n) is 8.29. The molecule has 2 heterocycles. The molecule has 0 aromatic heterocycles. The van der Waals surface area contributed by atoms with Gasteiger partial charge < -0.3 is 15.8 Å². The number of rotatable bonds is 3. The zero-order chi connectivity index (χ0) is 24.2. The van der Waals surface area contributed by atoms with E-state index >= 15 is 0 Å². The minimum absolute atomic E-state index is 0.0491. The van der Waals surface area contributed by atoms with Crippen molar-refractivity contribution in [2.45, 2.75) is 31.6 Å². The SMILES string of the molecule is CCOC(=O)C1=C(N)N(c2cccc(Br)c2)C2=C(C(=O)CCC2)C12C(=O)Nc1ccc(Cl)cc12. The van der Waals surface area contributed by atoms with E-state index in [4.69, 9.17) is 22.1 Å². The number of benzene rings is 2. The molecule has 9 heteroatoms. The monoisotopic (exact) mass is 541 g/mol. The first-order valence-corrected chi connectivity index (χ1v) is 12.1. The molecular formula is C25H21BrClN3O4. The molecule has 0 fully saturated rings. The highest BCUT2D eigenvalue weighted by molar-refractivity contribution is 9.10. The molecule has 174 valence electrons. The van der Waals surface area contributed by atoms with Gasteiger partial charge in [-0.15, -0.1) is 0 Å². The molecular weight excluding hydrogens is 522 g/mol. The van der Waals surface area contributed by atoms with Gasteiger partial charge in [-0.2, -0.15) is 0 Å². The summed E-state index contributed by atoms with van der Waals surface area (Å²) in [6.07, 6.45) is 1.37. The number of carbonyl (C=O) groups excluding carboxylic acids is 3. The quantitative estimate of drug-likeness (QED) is 0.552. The van der Waals surface area contributed by atoms with Crippen molar-refractivity contribution in [1.29, 1.82) is 0 Å².